The molecule has 2 aromatic rings. The van der Waals surface area contributed by atoms with E-state index in [0.29, 0.717) is 11.1 Å². The Hall–Kier alpha value is -2.48. The summed E-state index contributed by atoms with van der Waals surface area (Å²) in [6.45, 7) is -0.281. The Balaban J connectivity index is 2.16. The highest BCUT2D eigenvalue weighted by atomic mass is 19.2. The maximum atomic E-state index is 13.7. The van der Waals surface area contributed by atoms with E-state index >= 15 is 0 Å². The third-order valence-corrected chi connectivity index (χ3v) is 3.62. The van der Waals surface area contributed by atoms with Crippen LogP contribution in [0.2, 0.25) is 0 Å². The summed E-state index contributed by atoms with van der Waals surface area (Å²) in [5.74, 6) is -10.0. The van der Waals surface area contributed by atoms with Gasteiger partial charge in [0, 0.05) is 31.3 Å². The maximum Gasteiger partial charge on any atom is 0.251 e. The lowest BCUT2D eigenvalue weighted by atomic mass is 10.1. The van der Waals surface area contributed by atoms with Crippen LogP contribution in [-0.4, -0.2) is 24.9 Å². The average molecular weight is 358 g/mol. The van der Waals surface area contributed by atoms with Crippen LogP contribution in [0.25, 0.3) is 0 Å². The molecule has 0 aromatic heterocycles. The molecule has 0 fully saturated rings. The highest BCUT2D eigenvalue weighted by Gasteiger charge is 2.26. The molecule has 0 radical (unpaired) electrons. The van der Waals surface area contributed by atoms with Gasteiger partial charge in [0.25, 0.3) is 5.91 Å². The van der Waals surface area contributed by atoms with Gasteiger partial charge in [0.2, 0.25) is 5.82 Å². The molecular weight excluding hydrogens is 343 g/mol. The van der Waals surface area contributed by atoms with Crippen molar-refractivity contribution in [2.45, 2.75) is 13.1 Å². The van der Waals surface area contributed by atoms with Crippen LogP contribution in [0, 0.1) is 29.1 Å². The quantitative estimate of drug-likeness (QED) is 0.505. The van der Waals surface area contributed by atoms with E-state index in [-0.39, 0.29) is 12.5 Å². The summed E-state index contributed by atoms with van der Waals surface area (Å²) >= 11 is 0. The van der Waals surface area contributed by atoms with Crippen molar-refractivity contribution >= 4 is 5.91 Å². The summed E-state index contributed by atoms with van der Waals surface area (Å²) in [5.41, 5.74) is 0.258. The van der Waals surface area contributed by atoms with Gasteiger partial charge in [-0.3, -0.25) is 9.69 Å². The monoisotopic (exact) mass is 358 g/mol. The molecule has 0 unspecified atom stereocenters. The standard InChI is InChI=1S/C17H15F5N2O/c1-23-17(25)10-5-3-9(4-6-10)7-24(2)8-11-12(18)14(20)16(22)15(21)13(11)19/h3-6H,7-8H2,1-2H3,(H,23,25). The number of hydrogen-bond acceptors (Lipinski definition) is 2. The van der Waals surface area contributed by atoms with Crippen LogP contribution in [-0.2, 0) is 13.1 Å². The smallest absolute Gasteiger partial charge is 0.251 e. The number of nitrogens with one attached hydrogen (secondary N) is 1. The minimum atomic E-state index is -2.17. The molecule has 2 rings (SSSR count). The van der Waals surface area contributed by atoms with E-state index in [1.165, 1.54) is 19.0 Å². The van der Waals surface area contributed by atoms with Crippen LogP contribution in [0.4, 0.5) is 22.0 Å². The van der Waals surface area contributed by atoms with Gasteiger partial charge in [0.1, 0.15) is 0 Å². The van der Waals surface area contributed by atoms with Crippen LogP contribution in [0.15, 0.2) is 24.3 Å². The Morgan fingerprint density at radius 2 is 1.36 bits per heavy atom. The summed E-state index contributed by atoms with van der Waals surface area (Å²) in [6.07, 6.45) is 0. The fourth-order valence-corrected chi connectivity index (χ4v) is 2.33. The molecule has 3 nitrogen and oxygen atoms in total. The van der Waals surface area contributed by atoms with E-state index in [1.807, 2.05) is 0 Å². The molecule has 0 atom stereocenters. The van der Waals surface area contributed by atoms with Crippen molar-refractivity contribution in [3.8, 4) is 0 Å². The zero-order valence-electron chi connectivity index (χ0n) is 13.5. The van der Waals surface area contributed by atoms with Crippen LogP contribution < -0.4 is 5.32 Å². The molecule has 2 aromatic carbocycles. The fraction of sp³-hybridized carbons (Fsp3) is 0.235. The number of benzene rings is 2. The second-order valence-electron chi connectivity index (χ2n) is 5.50. The molecule has 1 N–H and O–H groups in total. The minimum absolute atomic E-state index is 0.188. The molecule has 0 bridgehead atoms. The van der Waals surface area contributed by atoms with Crippen LogP contribution in [0.3, 0.4) is 0 Å². The largest absolute Gasteiger partial charge is 0.355 e. The van der Waals surface area contributed by atoms with E-state index in [0.717, 1.165) is 0 Å². The summed E-state index contributed by atoms with van der Waals surface area (Å²) < 4.78 is 66.9. The van der Waals surface area contributed by atoms with Gasteiger partial charge in [-0.1, -0.05) is 12.1 Å². The Morgan fingerprint density at radius 1 is 0.880 bits per heavy atom. The van der Waals surface area contributed by atoms with Crippen LogP contribution >= 0.6 is 0 Å². The SMILES string of the molecule is CNC(=O)c1ccc(CN(C)Cc2c(F)c(F)c(F)c(F)c2F)cc1. The van der Waals surface area contributed by atoms with Gasteiger partial charge >= 0.3 is 0 Å². The predicted molar refractivity (Wildman–Crippen MR) is 81.2 cm³/mol. The molecule has 25 heavy (non-hydrogen) atoms. The number of carbonyl (C=O) groups excluding carboxylic acids is 1. The van der Waals surface area contributed by atoms with Gasteiger partial charge in [-0.15, -0.1) is 0 Å². The van der Waals surface area contributed by atoms with Crippen molar-refractivity contribution in [3.63, 3.8) is 0 Å². The molecular formula is C17H15F5N2O. The predicted octanol–water partition coefficient (Wildman–Crippen LogP) is 3.37. The Bertz CT molecular complexity index is 764. The molecule has 0 aliphatic carbocycles. The lowest BCUT2D eigenvalue weighted by Gasteiger charge is -2.18. The van der Waals surface area contributed by atoms with E-state index in [2.05, 4.69) is 5.32 Å². The number of carbonyl (C=O) groups is 1. The van der Waals surface area contributed by atoms with E-state index < -0.39 is 41.2 Å². The second-order valence-corrected chi connectivity index (χ2v) is 5.50. The van der Waals surface area contributed by atoms with Crippen molar-refractivity contribution in [2.24, 2.45) is 0 Å². The first kappa shape index (κ1) is 18.9. The topological polar surface area (TPSA) is 32.3 Å². The van der Waals surface area contributed by atoms with Crippen molar-refractivity contribution in [1.29, 1.82) is 0 Å². The van der Waals surface area contributed by atoms with Crippen molar-refractivity contribution < 1.29 is 26.7 Å². The Morgan fingerprint density at radius 3 is 1.84 bits per heavy atom. The number of halogens is 5. The summed E-state index contributed by atoms with van der Waals surface area (Å²) in [7, 11) is 2.97. The van der Waals surface area contributed by atoms with Crippen molar-refractivity contribution in [3.05, 3.63) is 70.0 Å². The van der Waals surface area contributed by atoms with Gasteiger partial charge in [0.15, 0.2) is 23.3 Å². The molecule has 1 amide bonds. The molecule has 0 aliphatic rings. The average Bonchev–Trinajstić information content (AvgIpc) is 2.62. The third-order valence-electron chi connectivity index (χ3n) is 3.62. The number of nitrogens with zero attached hydrogens (tertiary/aromatic N) is 1. The fourth-order valence-electron chi connectivity index (χ4n) is 2.33. The molecule has 0 saturated carbocycles. The first-order valence-electron chi connectivity index (χ1n) is 7.26. The zero-order valence-corrected chi connectivity index (χ0v) is 13.5. The first-order valence-corrected chi connectivity index (χ1v) is 7.26. The second kappa shape index (κ2) is 7.60. The van der Waals surface area contributed by atoms with E-state index in [4.69, 9.17) is 0 Å². The molecule has 0 spiro atoms. The van der Waals surface area contributed by atoms with Crippen LogP contribution in [0.5, 0.6) is 0 Å². The molecule has 0 aliphatic heterocycles. The molecule has 8 heteroatoms. The molecule has 0 heterocycles. The highest BCUT2D eigenvalue weighted by molar-refractivity contribution is 5.93. The Kier molecular flexibility index (Phi) is 5.73. The Labute approximate surface area is 141 Å². The number of rotatable bonds is 5. The van der Waals surface area contributed by atoms with Gasteiger partial charge < -0.3 is 5.32 Å². The maximum absolute atomic E-state index is 13.7. The van der Waals surface area contributed by atoms with Gasteiger partial charge in [-0.2, -0.15) is 0 Å². The normalized spacial score (nSPS) is 11.0. The van der Waals surface area contributed by atoms with Crippen LogP contribution in [0.1, 0.15) is 21.5 Å². The summed E-state index contributed by atoms with van der Waals surface area (Å²) in [6, 6.07) is 6.42. The van der Waals surface area contributed by atoms with Gasteiger partial charge in [0.05, 0.1) is 0 Å². The number of amides is 1. The summed E-state index contributed by atoms with van der Waals surface area (Å²) in [5, 5.41) is 2.47. The number of hydrogen-bond donors (Lipinski definition) is 1. The first-order chi connectivity index (χ1) is 11.8. The lowest BCUT2D eigenvalue weighted by Crippen LogP contribution is -2.21. The minimum Gasteiger partial charge on any atom is -0.355 e. The lowest BCUT2D eigenvalue weighted by molar-refractivity contribution is 0.0963. The zero-order chi connectivity index (χ0) is 18.7. The highest BCUT2D eigenvalue weighted by Crippen LogP contribution is 2.24. The van der Waals surface area contributed by atoms with E-state index in [9.17, 15) is 26.7 Å². The summed E-state index contributed by atoms with van der Waals surface area (Å²) in [4.78, 5) is 12.8. The van der Waals surface area contributed by atoms with Crippen molar-refractivity contribution in [2.75, 3.05) is 14.1 Å². The molecule has 134 valence electrons. The third kappa shape index (κ3) is 3.96. The van der Waals surface area contributed by atoms with E-state index in [1.54, 1.807) is 24.3 Å². The molecule has 0 saturated heterocycles. The van der Waals surface area contributed by atoms with Crippen molar-refractivity contribution in [1.82, 2.24) is 10.2 Å². The van der Waals surface area contributed by atoms with Gasteiger partial charge in [-0.05, 0) is 24.7 Å². The van der Waals surface area contributed by atoms with Gasteiger partial charge in [-0.25, -0.2) is 22.0 Å².